The molecule has 0 aliphatic heterocycles. The van der Waals surface area contributed by atoms with Crippen molar-refractivity contribution in [1.82, 2.24) is 4.98 Å². The van der Waals surface area contributed by atoms with Crippen molar-refractivity contribution in [3.63, 3.8) is 0 Å². The molecule has 2 nitrogen and oxygen atoms in total. The fraction of sp³-hybridized carbons (Fsp3) is 0.0625. The average molecular weight is 302 g/mol. The maximum absolute atomic E-state index is 13.8. The van der Waals surface area contributed by atoms with Crippen LogP contribution in [0.2, 0.25) is 0 Å². The van der Waals surface area contributed by atoms with E-state index in [-0.39, 0.29) is 5.56 Å². The van der Waals surface area contributed by atoms with Gasteiger partial charge in [-0.25, -0.2) is 13.8 Å². The maximum Gasteiger partial charge on any atom is 0.133 e. The topological polar surface area (TPSA) is 38.9 Å². The number of hydrogen-bond acceptors (Lipinski definition) is 3. The lowest BCUT2D eigenvalue weighted by Crippen LogP contribution is -1.95. The molecule has 0 saturated carbocycles. The highest BCUT2D eigenvalue weighted by Gasteiger charge is 2.11. The van der Waals surface area contributed by atoms with Gasteiger partial charge in [0, 0.05) is 23.1 Å². The molecule has 0 spiro atoms. The quantitative estimate of drug-likeness (QED) is 0.787. The Hall–Kier alpha value is -2.11. The van der Waals surface area contributed by atoms with E-state index < -0.39 is 11.6 Å². The second-order valence-electron chi connectivity index (χ2n) is 4.56. The third kappa shape index (κ3) is 2.84. The zero-order valence-electron chi connectivity index (χ0n) is 11.0. The van der Waals surface area contributed by atoms with Gasteiger partial charge in [-0.05, 0) is 23.8 Å². The standard InChI is InChI=1S/C16H12F2N2S/c17-12-5-6-14(18)13(7-12)16-20-15(9-21-16)11-3-1-10(8-19)2-4-11/h1-7,9H,8,19H2. The zero-order valence-corrected chi connectivity index (χ0v) is 11.8. The molecule has 1 aromatic heterocycles. The second-order valence-corrected chi connectivity index (χ2v) is 5.42. The fourth-order valence-corrected chi connectivity index (χ4v) is 2.85. The van der Waals surface area contributed by atoms with E-state index in [1.807, 2.05) is 29.6 Å². The number of nitrogens with zero attached hydrogens (tertiary/aromatic N) is 1. The van der Waals surface area contributed by atoms with Crippen LogP contribution in [0, 0.1) is 11.6 Å². The largest absolute Gasteiger partial charge is 0.326 e. The van der Waals surface area contributed by atoms with Crippen molar-refractivity contribution in [1.29, 1.82) is 0 Å². The molecule has 0 aliphatic carbocycles. The third-order valence-corrected chi connectivity index (χ3v) is 4.02. The molecule has 3 aromatic rings. The van der Waals surface area contributed by atoms with Crippen LogP contribution in [-0.4, -0.2) is 4.98 Å². The molecular weight excluding hydrogens is 290 g/mol. The second kappa shape index (κ2) is 5.71. The van der Waals surface area contributed by atoms with Crippen molar-refractivity contribution < 1.29 is 8.78 Å². The Bertz CT molecular complexity index is 766. The molecule has 0 radical (unpaired) electrons. The van der Waals surface area contributed by atoms with Crippen molar-refractivity contribution in [2.75, 3.05) is 0 Å². The summed E-state index contributed by atoms with van der Waals surface area (Å²) in [4.78, 5) is 4.39. The molecule has 2 aromatic carbocycles. The highest BCUT2D eigenvalue weighted by molar-refractivity contribution is 7.13. The Morgan fingerprint density at radius 2 is 1.81 bits per heavy atom. The van der Waals surface area contributed by atoms with Crippen molar-refractivity contribution in [2.45, 2.75) is 6.54 Å². The Morgan fingerprint density at radius 3 is 2.52 bits per heavy atom. The molecule has 2 N–H and O–H groups in total. The van der Waals surface area contributed by atoms with Gasteiger partial charge in [-0.3, -0.25) is 0 Å². The van der Waals surface area contributed by atoms with Gasteiger partial charge in [0.25, 0.3) is 0 Å². The summed E-state index contributed by atoms with van der Waals surface area (Å²) >= 11 is 1.29. The number of halogens is 2. The minimum Gasteiger partial charge on any atom is -0.326 e. The Morgan fingerprint density at radius 1 is 1.05 bits per heavy atom. The van der Waals surface area contributed by atoms with E-state index in [0.29, 0.717) is 11.6 Å². The van der Waals surface area contributed by atoms with E-state index in [2.05, 4.69) is 4.98 Å². The van der Waals surface area contributed by atoms with Crippen LogP contribution in [0.3, 0.4) is 0 Å². The minimum atomic E-state index is -0.476. The summed E-state index contributed by atoms with van der Waals surface area (Å²) in [6.45, 7) is 0.483. The van der Waals surface area contributed by atoms with E-state index in [0.717, 1.165) is 35.0 Å². The summed E-state index contributed by atoms with van der Waals surface area (Å²) in [5.74, 6) is -0.953. The van der Waals surface area contributed by atoms with Gasteiger partial charge in [-0.1, -0.05) is 24.3 Å². The van der Waals surface area contributed by atoms with E-state index in [1.165, 1.54) is 11.3 Å². The van der Waals surface area contributed by atoms with Crippen LogP contribution in [0.1, 0.15) is 5.56 Å². The summed E-state index contributed by atoms with van der Waals surface area (Å²) in [5.41, 5.74) is 8.44. The molecule has 21 heavy (non-hydrogen) atoms. The van der Waals surface area contributed by atoms with Gasteiger partial charge in [0.2, 0.25) is 0 Å². The number of aromatic nitrogens is 1. The van der Waals surface area contributed by atoms with Gasteiger partial charge in [0.15, 0.2) is 0 Å². The molecular formula is C16H12F2N2S. The predicted molar refractivity (Wildman–Crippen MR) is 80.8 cm³/mol. The first-order valence-electron chi connectivity index (χ1n) is 6.37. The van der Waals surface area contributed by atoms with Gasteiger partial charge >= 0.3 is 0 Å². The van der Waals surface area contributed by atoms with Crippen LogP contribution in [0.15, 0.2) is 47.8 Å². The summed E-state index contributed by atoms with van der Waals surface area (Å²) in [5, 5.41) is 2.29. The normalized spacial score (nSPS) is 10.8. The number of thiazole rings is 1. The number of benzene rings is 2. The van der Waals surface area contributed by atoms with Crippen molar-refractivity contribution in [2.24, 2.45) is 5.73 Å². The highest BCUT2D eigenvalue weighted by atomic mass is 32.1. The summed E-state index contributed by atoms with van der Waals surface area (Å²) < 4.78 is 27.0. The van der Waals surface area contributed by atoms with Crippen LogP contribution >= 0.6 is 11.3 Å². The first kappa shape index (κ1) is 13.9. The average Bonchev–Trinajstić information content (AvgIpc) is 2.99. The lowest BCUT2D eigenvalue weighted by atomic mass is 10.1. The van der Waals surface area contributed by atoms with Gasteiger partial charge in [-0.15, -0.1) is 11.3 Å². The smallest absolute Gasteiger partial charge is 0.133 e. The van der Waals surface area contributed by atoms with Crippen LogP contribution in [0.4, 0.5) is 8.78 Å². The van der Waals surface area contributed by atoms with Crippen LogP contribution in [0.25, 0.3) is 21.8 Å². The lowest BCUT2D eigenvalue weighted by molar-refractivity contribution is 0.603. The van der Waals surface area contributed by atoms with E-state index >= 15 is 0 Å². The minimum absolute atomic E-state index is 0.185. The summed E-state index contributed by atoms with van der Waals surface area (Å²) in [6.07, 6.45) is 0. The van der Waals surface area contributed by atoms with Crippen molar-refractivity contribution in [3.8, 4) is 21.8 Å². The Labute approximate surface area is 124 Å². The molecule has 1 heterocycles. The predicted octanol–water partition coefficient (Wildman–Crippen LogP) is 4.21. The number of hydrogen-bond donors (Lipinski definition) is 1. The van der Waals surface area contributed by atoms with Crippen molar-refractivity contribution in [3.05, 3.63) is 65.0 Å². The first-order chi connectivity index (χ1) is 10.2. The first-order valence-corrected chi connectivity index (χ1v) is 7.25. The van der Waals surface area contributed by atoms with E-state index in [4.69, 9.17) is 5.73 Å². The molecule has 106 valence electrons. The van der Waals surface area contributed by atoms with Crippen molar-refractivity contribution >= 4 is 11.3 Å². The molecule has 0 aliphatic rings. The monoisotopic (exact) mass is 302 g/mol. The van der Waals surface area contributed by atoms with E-state index in [9.17, 15) is 8.78 Å². The van der Waals surface area contributed by atoms with Gasteiger partial charge in [0.1, 0.15) is 16.6 Å². The molecule has 0 amide bonds. The molecule has 0 atom stereocenters. The van der Waals surface area contributed by atoms with Crippen LogP contribution in [0.5, 0.6) is 0 Å². The molecule has 0 unspecified atom stereocenters. The van der Waals surface area contributed by atoms with Gasteiger partial charge in [-0.2, -0.15) is 0 Å². The zero-order chi connectivity index (χ0) is 14.8. The summed E-state index contributed by atoms with van der Waals surface area (Å²) in [6, 6.07) is 11.1. The van der Waals surface area contributed by atoms with Gasteiger partial charge in [0.05, 0.1) is 5.69 Å². The van der Waals surface area contributed by atoms with Crippen LogP contribution < -0.4 is 5.73 Å². The van der Waals surface area contributed by atoms with Gasteiger partial charge < -0.3 is 5.73 Å². The Balaban J connectivity index is 1.97. The van der Waals surface area contributed by atoms with E-state index in [1.54, 1.807) is 0 Å². The summed E-state index contributed by atoms with van der Waals surface area (Å²) in [7, 11) is 0. The number of nitrogens with two attached hydrogens (primary N) is 1. The highest BCUT2D eigenvalue weighted by Crippen LogP contribution is 2.30. The maximum atomic E-state index is 13.8. The SMILES string of the molecule is NCc1ccc(-c2csc(-c3cc(F)ccc3F)n2)cc1. The van der Waals surface area contributed by atoms with Crippen LogP contribution in [-0.2, 0) is 6.54 Å². The molecule has 3 rings (SSSR count). The molecule has 0 saturated heterocycles. The fourth-order valence-electron chi connectivity index (χ4n) is 2.00. The molecule has 0 bridgehead atoms. The molecule has 0 fully saturated rings. The third-order valence-electron chi connectivity index (χ3n) is 3.15. The molecule has 5 heteroatoms. The lowest BCUT2D eigenvalue weighted by Gasteiger charge is -2.00. The number of rotatable bonds is 3. The Kier molecular flexibility index (Phi) is 3.77.